The standard InChI is InChI=1S/C15H19F3N2O2/c1-3-11(4-2)13(21)20-12-7-5-6-10(8-12)9-19-14(22)15(16,17)18/h5-8,11H,3-4,9H2,1-2H3,(H,19,22)(H,20,21). The van der Waals surface area contributed by atoms with Crippen molar-refractivity contribution in [2.75, 3.05) is 5.32 Å². The van der Waals surface area contributed by atoms with Gasteiger partial charge in [0.25, 0.3) is 0 Å². The number of nitrogens with one attached hydrogen (secondary N) is 2. The van der Waals surface area contributed by atoms with Crippen LogP contribution in [0.2, 0.25) is 0 Å². The highest BCUT2D eigenvalue weighted by Crippen LogP contribution is 2.17. The van der Waals surface area contributed by atoms with Crippen molar-refractivity contribution in [1.82, 2.24) is 5.32 Å². The van der Waals surface area contributed by atoms with E-state index in [9.17, 15) is 22.8 Å². The highest BCUT2D eigenvalue weighted by molar-refractivity contribution is 5.92. The Morgan fingerprint density at radius 3 is 2.36 bits per heavy atom. The lowest BCUT2D eigenvalue weighted by Crippen LogP contribution is -2.36. The molecule has 2 amide bonds. The molecule has 0 heterocycles. The van der Waals surface area contributed by atoms with E-state index in [1.165, 1.54) is 6.07 Å². The topological polar surface area (TPSA) is 58.2 Å². The van der Waals surface area contributed by atoms with Crippen LogP contribution in [-0.4, -0.2) is 18.0 Å². The van der Waals surface area contributed by atoms with Gasteiger partial charge in [-0.05, 0) is 30.5 Å². The van der Waals surface area contributed by atoms with E-state index in [1.54, 1.807) is 23.5 Å². The van der Waals surface area contributed by atoms with Crippen molar-refractivity contribution in [2.45, 2.75) is 39.4 Å². The number of amides is 2. The summed E-state index contributed by atoms with van der Waals surface area (Å²) in [4.78, 5) is 22.7. The zero-order valence-electron chi connectivity index (χ0n) is 12.5. The minimum atomic E-state index is -4.90. The van der Waals surface area contributed by atoms with Crippen molar-refractivity contribution in [3.63, 3.8) is 0 Å². The smallest absolute Gasteiger partial charge is 0.344 e. The number of carbonyl (C=O) groups is 2. The molecule has 0 radical (unpaired) electrons. The maximum Gasteiger partial charge on any atom is 0.471 e. The number of halogens is 3. The van der Waals surface area contributed by atoms with E-state index in [0.717, 1.165) is 0 Å². The Labute approximate surface area is 127 Å². The largest absolute Gasteiger partial charge is 0.471 e. The Balaban J connectivity index is 2.66. The quantitative estimate of drug-likeness (QED) is 0.846. The first-order valence-corrected chi connectivity index (χ1v) is 7.02. The molecule has 1 rings (SSSR count). The average molecular weight is 316 g/mol. The molecule has 0 aliphatic heterocycles. The van der Waals surface area contributed by atoms with Crippen LogP contribution in [0, 0.1) is 5.92 Å². The summed E-state index contributed by atoms with van der Waals surface area (Å²) in [5, 5.41) is 4.52. The molecule has 2 N–H and O–H groups in total. The summed E-state index contributed by atoms with van der Waals surface area (Å²) < 4.78 is 36.3. The predicted octanol–water partition coefficient (Wildman–Crippen LogP) is 3.24. The van der Waals surface area contributed by atoms with Crippen molar-refractivity contribution < 1.29 is 22.8 Å². The zero-order chi connectivity index (χ0) is 16.8. The highest BCUT2D eigenvalue weighted by Gasteiger charge is 2.38. The van der Waals surface area contributed by atoms with Gasteiger partial charge >= 0.3 is 12.1 Å². The van der Waals surface area contributed by atoms with E-state index in [1.807, 2.05) is 13.8 Å². The van der Waals surface area contributed by atoms with E-state index in [-0.39, 0.29) is 18.4 Å². The lowest BCUT2D eigenvalue weighted by molar-refractivity contribution is -0.173. The summed E-state index contributed by atoms with van der Waals surface area (Å²) in [6.45, 7) is 3.57. The number of hydrogen-bond acceptors (Lipinski definition) is 2. The van der Waals surface area contributed by atoms with Gasteiger partial charge in [-0.25, -0.2) is 0 Å². The molecule has 0 unspecified atom stereocenters. The molecule has 0 saturated carbocycles. The monoisotopic (exact) mass is 316 g/mol. The molecule has 0 aromatic heterocycles. The van der Waals surface area contributed by atoms with Crippen LogP contribution in [0.4, 0.5) is 18.9 Å². The van der Waals surface area contributed by atoms with Gasteiger partial charge in [0.15, 0.2) is 0 Å². The van der Waals surface area contributed by atoms with Gasteiger partial charge in [-0.15, -0.1) is 0 Å². The molecule has 1 aromatic carbocycles. The first-order valence-electron chi connectivity index (χ1n) is 7.02. The van der Waals surface area contributed by atoms with Crippen molar-refractivity contribution in [3.05, 3.63) is 29.8 Å². The lowest BCUT2D eigenvalue weighted by atomic mass is 10.0. The Kier molecular flexibility index (Phi) is 6.39. The first-order chi connectivity index (χ1) is 10.3. The second-order valence-electron chi connectivity index (χ2n) is 4.88. The predicted molar refractivity (Wildman–Crippen MR) is 77.0 cm³/mol. The maximum absolute atomic E-state index is 12.1. The number of anilines is 1. The fraction of sp³-hybridized carbons (Fsp3) is 0.467. The van der Waals surface area contributed by atoms with Crippen LogP contribution in [0.25, 0.3) is 0 Å². The molecule has 0 bridgehead atoms. The van der Waals surface area contributed by atoms with E-state index >= 15 is 0 Å². The summed E-state index contributed by atoms with van der Waals surface area (Å²) in [6, 6.07) is 6.37. The van der Waals surface area contributed by atoms with E-state index in [4.69, 9.17) is 0 Å². The van der Waals surface area contributed by atoms with Crippen LogP contribution in [-0.2, 0) is 16.1 Å². The van der Waals surface area contributed by atoms with Gasteiger partial charge in [-0.2, -0.15) is 13.2 Å². The zero-order valence-corrected chi connectivity index (χ0v) is 12.5. The molecule has 4 nitrogen and oxygen atoms in total. The van der Waals surface area contributed by atoms with E-state index in [2.05, 4.69) is 5.32 Å². The molecule has 0 aliphatic carbocycles. The molecule has 0 spiro atoms. The molecule has 22 heavy (non-hydrogen) atoms. The number of benzene rings is 1. The summed E-state index contributed by atoms with van der Waals surface area (Å²) in [6.07, 6.45) is -3.48. The summed E-state index contributed by atoms with van der Waals surface area (Å²) >= 11 is 0. The minimum absolute atomic E-state index is 0.103. The average Bonchev–Trinajstić information content (AvgIpc) is 2.45. The number of rotatable bonds is 6. The molecule has 122 valence electrons. The van der Waals surface area contributed by atoms with Crippen LogP contribution in [0.1, 0.15) is 32.3 Å². The number of hydrogen-bond donors (Lipinski definition) is 2. The Morgan fingerprint density at radius 1 is 1.18 bits per heavy atom. The molecule has 0 aliphatic rings. The van der Waals surface area contributed by atoms with Crippen LogP contribution < -0.4 is 10.6 Å². The van der Waals surface area contributed by atoms with Crippen LogP contribution >= 0.6 is 0 Å². The van der Waals surface area contributed by atoms with Crippen LogP contribution in [0.3, 0.4) is 0 Å². The summed E-state index contributed by atoms with van der Waals surface area (Å²) in [7, 11) is 0. The Bertz CT molecular complexity index is 526. The SMILES string of the molecule is CCC(CC)C(=O)Nc1cccc(CNC(=O)C(F)(F)F)c1. The van der Waals surface area contributed by atoms with Crippen molar-refractivity contribution in [3.8, 4) is 0 Å². The molecular weight excluding hydrogens is 297 g/mol. The number of carbonyl (C=O) groups excluding carboxylic acids is 2. The third kappa shape index (κ3) is 5.38. The van der Waals surface area contributed by atoms with E-state index in [0.29, 0.717) is 24.1 Å². The fourth-order valence-electron chi connectivity index (χ4n) is 1.95. The minimum Gasteiger partial charge on any atom is -0.344 e. The lowest BCUT2D eigenvalue weighted by Gasteiger charge is -2.14. The summed E-state index contributed by atoms with van der Waals surface area (Å²) in [5.41, 5.74) is 0.968. The van der Waals surface area contributed by atoms with E-state index < -0.39 is 12.1 Å². The third-order valence-electron chi connectivity index (χ3n) is 3.26. The molecule has 0 saturated heterocycles. The Morgan fingerprint density at radius 2 is 1.82 bits per heavy atom. The van der Waals surface area contributed by atoms with Gasteiger partial charge in [0, 0.05) is 18.2 Å². The van der Waals surface area contributed by atoms with Gasteiger partial charge in [-0.3, -0.25) is 9.59 Å². The van der Waals surface area contributed by atoms with Gasteiger partial charge in [0.1, 0.15) is 0 Å². The highest BCUT2D eigenvalue weighted by atomic mass is 19.4. The third-order valence-corrected chi connectivity index (χ3v) is 3.26. The second-order valence-corrected chi connectivity index (χ2v) is 4.88. The van der Waals surface area contributed by atoms with Gasteiger partial charge in [0.2, 0.25) is 5.91 Å². The first kappa shape index (κ1) is 18.0. The Hall–Kier alpha value is -2.05. The van der Waals surface area contributed by atoms with Crippen molar-refractivity contribution in [1.29, 1.82) is 0 Å². The van der Waals surface area contributed by atoms with Crippen LogP contribution in [0.15, 0.2) is 24.3 Å². The molecule has 7 heteroatoms. The summed E-state index contributed by atoms with van der Waals surface area (Å²) in [5.74, 6) is -2.21. The maximum atomic E-state index is 12.1. The molecule has 1 aromatic rings. The van der Waals surface area contributed by atoms with Gasteiger partial charge < -0.3 is 10.6 Å². The van der Waals surface area contributed by atoms with Gasteiger partial charge in [0.05, 0.1) is 0 Å². The fourth-order valence-corrected chi connectivity index (χ4v) is 1.95. The molecule has 0 atom stereocenters. The second kappa shape index (κ2) is 7.82. The van der Waals surface area contributed by atoms with Crippen LogP contribution in [0.5, 0.6) is 0 Å². The van der Waals surface area contributed by atoms with Gasteiger partial charge in [-0.1, -0.05) is 26.0 Å². The number of alkyl halides is 3. The molecular formula is C15H19F3N2O2. The van der Waals surface area contributed by atoms with Crippen molar-refractivity contribution in [2.24, 2.45) is 5.92 Å². The molecule has 0 fully saturated rings. The normalized spacial score (nSPS) is 11.4. The van der Waals surface area contributed by atoms with Crippen molar-refractivity contribution >= 4 is 17.5 Å².